The van der Waals surface area contributed by atoms with Crippen molar-refractivity contribution in [2.24, 2.45) is 7.05 Å². The van der Waals surface area contributed by atoms with Crippen LogP contribution in [-0.4, -0.2) is 22.2 Å². The summed E-state index contributed by atoms with van der Waals surface area (Å²) in [4.78, 5) is 38.4. The number of carbonyl (C=O) groups is 1. The van der Waals surface area contributed by atoms with Crippen molar-refractivity contribution in [3.63, 3.8) is 0 Å². The monoisotopic (exact) mass is 359 g/mol. The minimum absolute atomic E-state index is 0.171. The highest BCUT2D eigenvalue weighted by molar-refractivity contribution is 7.18. The predicted molar refractivity (Wildman–Crippen MR) is 97.7 cm³/mol. The molecule has 1 N–H and O–H groups in total. The molecule has 1 amide bonds. The standard InChI is InChI=1S/C17H17N3O4S/c1-10-8-13-15(22)19(2)17(23)20(16(13)25-10)9-14(21)18-11-4-6-12(24-3)7-5-11/h4-8H,9H2,1-3H3,(H,18,21). The van der Waals surface area contributed by atoms with Crippen molar-refractivity contribution in [3.05, 3.63) is 56.0 Å². The Bertz CT molecular complexity index is 1060. The summed E-state index contributed by atoms with van der Waals surface area (Å²) in [6.45, 7) is 1.69. The number of aromatic nitrogens is 2. The summed E-state index contributed by atoms with van der Waals surface area (Å²) >= 11 is 1.32. The van der Waals surface area contributed by atoms with Gasteiger partial charge in [-0.25, -0.2) is 4.79 Å². The first-order chi connectivity index (χ1) is 11.9. The number of methoxy groups -OCH3 is 1. The third-order valence-electron chi connectivity index (χ3n) is 3.81. The van der Waals surface area contributed by atoms with Gasteiger partial charge < -0.3 is 10.1 Å². The second-order valence-electron chi connectivity index (χ2n) is 5.59. The molecule has 3 aromatic rings. The van der Waals surface area contributed by atoms with Crippen LogP contribution in [-0.2, 0) is 18.4 Å². The lowest BCUT2D eigenvalue weighted by atomic mass is 10.3. The molecule has 0 fully saturated rings. The minimum atomic E-state index is -0.510. The van der Waals surface area contributed by atoms with Gasteiger partial charge in [0.1, 0.15) is 17.1 Å². The van der Waals surface area contributed by atoms with Crippen LogP contribution in [0.4, 0.5) is 5.69 Å². The second-order valence-corrected chi connectivity index (χ2v) is 6.82. The molecule has 0 aliphatic heterocycles. The van der Waals surface area contributed by atoms with E-state index >= 15 is 0 Å². The number of nitrogens with one attached hydrogen (secondary N) is 1. The molecule has 0 unspecified atom stereocenters. The molecule has 0 aliphatic rings. The van der Waals surface area contributed by atoms with Crippen molar-refractivity contribution in [2.75, 3.05) is 12.4 Å². The fourth-order valence-electron chi connectivity index (χ4n) is 2.55. The Balaban J connectivity index is 1.93. The molecule has 0 bridgehead atoms. The first-order valence-corrected chi connectivity index (χ1v) is 8.36. The summed E-state index contributed by atoms with van der Waals surface area (Å²) in [6.07, 6.45) is 0. The van der Waals surface area contributed by atoms with Crippen LogP contribution < -0.4 is 21.3 Å². The quantitative estimate of drug-likeness (QED) is 0.769. The van der Waals surface area contributed by atoms with Gasteiger partial charge in [0.05, 0.1) is 12.5 Å². The zero-order valence-corrected chi connectivity index (χ0v) is 14.8. The van der Waals surface area contributed by atoms with Gasteiger partial charge in [0.2, 0.25) is 5.91 Å². The normalized spacial score (nSPS) is 10.8. The molecular formula is C17H17N3O4S. The number of thiophene rings is 1. The van der Waals surface area contributed by atoms with Crippen LogP contribution in [0.2, 0.25) is 0 Å². The van der Waals surface area contributed by atoms with E-state index in [-0.39, 0.29) is 18.0 Å². The predicted octanol–water partition coefficient (Wildman–Crippen LogP) is 1.72. The number of rotatable bonds is 4. The van der Waals surface area contributed by atoms with E-state index in [1.54, 1.807) is 37.4 Å². The number of aryl methyl sites for hydroxylation is 1. The number of fused-ring (bicyclic) bond motifs is 1. The molecule has 8 heteroatoms. The van der Waals surface area contributed by atoms with E-state index in [2.05, 4.69) is 5.32 Å². The molecule has 130 valence electrons. The Labute approximate surface area is 147 Å². The van der Waals surface area contributed by atoms with Crippen molar-refractivity contribution in [1.29, 1.82) is 0 Å². The summed E-state index contributed by atoms with van der Waals surface area (Å²) in [5.41, 5.74) is -0.261. The second kappa shape index (κ2) is 6.56. The van der Waals surface area contributed by atoms with Gasteiger partial charge in [-0.2, -0.15) is 0 Å². The van der Waals surface area contributed by atoms with Gasteiger partial charge in [-0.05, 0) is 37.3 Å². The first-order valence-electron chi connectivity index (χ1n) is 7.54. The van der Waals surface area contributed by atoms with Crippen molar-refractivity contribution in [2.45, 2.75) is 13.5 Å². The molecule has 0 saturated carbocycles. The largest absolute Gasteiger partial charge is 0.497 e. The molecular weight excluding hydrogens is 342 g/mol. The van der Waals surface area contributed by atoms with E-state index < -0.39 is 5.69 Å². The van der Waals surface area contributed by atoms with Crippen LogP contribution in [0, 0.1) is 6.92 Å². The fourth-order valence-corrected chi connectivity index (χ4v) is 3.54. The minimum Gasteiger partial charge on any atom is -0.497 e. The molecule has 0 radical (unpaired) electrons. The first kappa shape index (κ1) is 17.0. The third-order valence-corrected chi connectivity index (χ3v) is 4.88. The molecule has 0 saturated heterocycles. The van der Waals surface area contributed by atoms with Gasteiger partial charge in [-0.15, -0.1) is 11.3 Å². The van der Waals surface area contributed by atoms with Crippen LogP contribution in [0.1, 0.15) is 4.88 Å². The number of hydrogen-bond donors (Lipinski definition) is 1. The average Bonchev–Trinajstić information content (AvgIpc) is 2.99. The van der Waals surface area contributed by atoms with Crippen LogP contribution in [0.15, 0.2) is 39.9 Å². The van der Waals surface area contributed by atoms with Gasteiger partial charge in [0, 0.05) is 17.6 Å². The van der Waals surface area contributed by atoms with E-state index in [4.69, 9.17) is 4.74 Å². The van der Waals surface area contributed by atoms with E-state index in [0.717, 1.165) is 9.44 Å². The number of ether oxygens (including phenoxy) is 1. The Morgan fingerprint density at radius 1 is 1.24 bits per heavy atom. The molecule has 0 aliphatic carbocycles. The number of amides is 1. The Hall–Kier alpha value is -2.87. The highest BCUT2D eigenvalue weighted by Gasteiger charge is 2.15. The maximum Gasteiger partial charge on any atom is 0.332 e. The summed E-state index contributed by atoms with van der Waals surface area (Å²) < 4.78 is 7.42. The van der Waals surface area contributed by atoms with Crippen molar-refractivity contribution in [1.82, 2.24) is 9.13 Å². The average molecular weight is 359 g/mol. The number of hydrogen-bond acceptors (Lipinski definition) is 5. The van der Waals surface area contributed by atoms with Crippen LogP contribution in [0.25, 0.3) is 10.2 Å². The lowest BCUT2D eigenvalue weighted by Gasteiger charge is -2.10. The number of nitrogens with zero attached hydrogens (tertiary/aromatic N) is 2. The zero-order valence-electron chi connectivity index (χ0n) is 14.0. The topological polar surface area (TPSA) is 82.3 Å². The molecule has 1 aromatic carbocycles. The van der Waals surface area contributed by atoms with Crippen molar-refractivity contribution < 1.29 is 9.53 Å². The summed E-state index contributed by atoms with van der Waals surface area (Å²) in [6, 6.07) is 8.62. The molecule has 0 atom stereocenters. The van der Waals surface area contributed by atoms with Gasteiger partial charge in [0.15, 0.2) is 0 Å². The van der Waals surface area contributed by atoms with Crippen molar-refractivity contribution in [3.8, 4) is 5.75 Å². The van der Waals surface area contributed by atoms with E-state index in [9.17, 15) is 14.4 Å². The van der Waals surface area contributed by atoms with E-state index in [1.807, 2.05) is 6.92 Å². The van der Waals surface area contributed by atoms with Crippen molar-refractivity contribution >= 4 is 33.1 Å². The highest BCUT2D eigenvalue weighted by atomic mass is 32.1. The van der Waals surface area contributed by atoms with Crippen LogP contribution in [0.5, 0.6) is 5.75 Å². The maximum absolute atomic E-state index is 12.4. The summed E-state index contributed by atoms with van der Waals surface area (Å²) in [5, 5.41) is 3.18. The van der Waals surface area contributed by atoms with Gasteiger partial charge in [-0.3, -0.25) is 18.7 Å². The van der Waals surface area contributed by atoms with Crippen LogP contribution in [0.3, 0.4) is 0 Å². The Morgan fingerprint density at radius 3 is 2.56 bits per heavy atom. The van der Waals surface area contributed by atoms with Gasteiger partial charge >= 0.3 is 5.69 Å². The highest BCUT2D eigenvalue weighted by Crippen LogP contribution is 2.21. The lowest BCUT2D eigenvalue weighted by molar-refractivity contribution is -0.116. The summed E-state index contributed by atoms with van der Waals surface area (Å²) in [7, 11) is 2.98. The van der Waals surface area contributed by atoms with E-state index in [0.29, 0.717) is 21.7 Å². The Kier molecular flexibility index (Phi) is 4.45. The zero-order chi connectivity index (χ0) is 18.1. The molecule has 0 spiro atoms. The van der Waals surface area contributed by atoms with Gasteiger partial charge in [0.25, 0.3) is 5.56 Å². The fraction of sp³-hybridized carbons (Fsp3) is 0.235. The SMILES string of the molecule is COc1ccc(NC(=O)Cn2c(=O)n(C)c(=O)c3cc(C)sc32)cc1. The molecule has 25 heavy (non-hydrogen) atoms. The number of benzene rings is 1. The lowest BCUT2D eigenvalue weighted by Crippen LogP contribution is -2.39. The molecule has 2 aromatic heterocycles. The number of anilines is 1. The molecule has 3 rings (SSSR count). The number of carbonyl (C=O) groups excluding carboxylic acids is 1. The van der Waals surface area contributed by atoms with Gasteiger partial charge in [-0.1, -0.05) is 0 Å². The van der Waals surface area contributed by atoms with Crippen LogP contribution >= 0.6 is 11.3 Å². The smallest absolute Gasteiger partial charge is 0.332 e. The molecule has 2 heterocycles. The van der Waals surface area contributed by atoms with E-state index in [1.165, 1.54) is 23.0 Å². The third kappa shape index (κ3) is 3.20. The Morgan fingerprint density at radius 2 is 1.92 bits per heavy atom. The molecule has 7 nitrogen and oxygen atoms in total. The maximum atomic E-state index is 12.4. The summed E-state index contributed by atoms with van der Waals surface area (Å²) in [5.74, 6) is 0.335.